The minimum atomic E-state index is 0.182. The second-order valence-electron chi connectivity index (χ2n) is 3.95. The van der Waals surface area contributed by atoms with Crippen LogP contribution in [0.4, 0.5) is 0 Å². The van der Waals surface area contributed by atoms with E-state index in [9.17, 15) is 0 Å². The monoisotopic (exact) mass is 221 g/mol. The van der Waals surface area contributed by atoms with Gasteiger partial charge in [-0.2, -0.15) is 0 Å². The van der Waals surface area contributed by atoms with Gasteiger partial charge in [0.25, 0.3) is 0 Å². The maximum Gasteiger partial charge on any atom is 0.0913 e. The van der Waals surface area contributed by atoms with E-state index in [0.717, 1.165) is 0 Å². The molecule has 0 aliphatic carbocycles. The van der Waals surface area contributed by atoms with Gasteiger partial charge in [0.1, 0.15) is 0 Å². The first-order chi connectivity index (χ1) is 5.82. The van der Waals surface area contributed by atoms with E-state index in [1.54, 1.807) is 0 Å². The molecule has 82 valence electrons. The summed E-state index contributed by atoms with van der Waals surface area (Å²) in [7, 11) is 14.1. The molecule has 0 saturated heterocycles. The molecule has 0 saturated carbocycles. The Morgan fingerprint density at radius 2 is 1.15 bits per heavy atom. The smallest absolute Gasteiger partial charge is 0.0913 e. The Kier molecular flexibility index (Phi) is 10.8. The molecule has 0 radical (unpaired) electrons. The van der Waals surface area contributed by atoms with Crippen molar-refractivity contribution in [1.29, 1.82) is 0 Å². The summed E-state index contributed by atoms with van der Waals surface area (Å²) in [6, 6.07) is 0. The Balaban J connectivity index is 0. The Morgan fingerprint density at radius 3 is 1.15 bits per heavy atom. The van der Waals surface area contributed by atoms with Gasteiger partial charge in [-0.25, -0.2) is 0 Å². The third-order valence-corrected chi connectivity index (χ3v) is 5.46. The first-order valence-electron chi connectivity index (χ1n) is 4.80. The lowest BCUT2D eigenvalue weighted by atomic mass is 10.8. The van der Waals surface area contributed by atoms with Crippen molar-refractivity contribution in [3.63, 3.8) is 0 Å². The molecule has 5 heteroatoms. The molecule has 0 spiro atoms. The highest BCUT2D eigenvalue weighted by Gasteiger charge is 2.03. The summed E-state index contributed by atoms with van der Waals surface area (Å²) >= 11 is 0. The van der Waals surface area contributed by atoms with Crippen molar-refractivity contribution in [2.24, 2.45) is 0 Å². The molecular weight excluding hydrogens is 194 g/mol. The summed E-state index contributed by atoms with van der Waals surface area (Å²) in [5.41, 5.74) is 0. The molecule has 0 aromatic heterocycles. The van der Waals surface area contributed by atoms with Crippen molar-refractivity contribution < 1.29 is 0 Å². The number of nitrogens with zero attached hydrogens (tertiary/aromatic N) is 3. The average molecular weight is 221 g/mol. The highest BCUT2D eigenvalue weighted by Crippen LogP contribution is 1.87. The van der Waals surface area contributed by atoms with Crippen molar-refractivity contribution in [3.05, 3.63) is 0 Å². The zero-order valence-electron chi connectivity index (χ0n) is 10.6. The summed E-state index contributed by atoms with van der Waals surface area (Å²) in [5.74, 6) is 0.676. The maximum atomic E-state index is 2.26. The lowest BCUT2D eigenvalue weighted by molar-refractivity contribution is 0.204. The predicted molar refractivity (Wildman–Crippen MR) is 69.2 cm³/mol. The first kappa shape index (κ1) is 15.8. The van der Waals surface area contributed by atoms with Gasteiger partial charge in [0, 0.05) is 16.0 Å². The molecule has 0 atom stereocenters. The van der Waals surface area contributed by atoms with Crippen LogP contribution in [0.3, 0.4) is 0 Å². The third-order valence-electron chi connectivity index (χ3n) is 2.13. The van der Waals surface area contributed by atoms with E-state index < -0.39 is 0 Å². The minimum Gasteiger partial charge on any atom is -0.335 e. The van der Waals surface area contributed by atoms with E-state index in [2.05, 4.69) is 63.2 Å². The number of rotatable bonds is 3. The Hall–Kier alpha value is 0.314. The van der Waals surface area contributed by atoms with E-state index in [4.69, 9.17) is 0 Å². The molecule has 0 rings (SSSR count). The van der Waals surface area contributed by atoms with Crippen LogP contribution in [0.2, 0.25) is 6.55 Å². The van der Waals surface area contributed by atoms with Gasteiger partial charge in [-0.3, -0.25) is 9.80 Å². The Morgan fingerprint density at radius 1 is 0.923 bits per heavy atom. The van der Waals surface area contributed by atoms with Crippen molar-refractivity contribution >= 4 is 19.9 Å². The van der Waals surface area contributed by atoms with Gasteiger partial charge in [0.2, 0.25) is 0 Å². The lowest BCUT2D eigenvalue weighted by Crippen LogP contribution is -2.40. The fraction of sp³-hybridized carbons (Fsp3) is 1.00. The highest BCUT2D eigenvalue weighted by atomic mass is 28.2. The topological polar surface area (TPSA) is 9.72 Å². The van der Waals surface area contributed by atoms with Crippen molar-refractivity contribution in [2.45, 2.75) is 12.3 Å². The van der Waals surface area contributed by atoms with Gasteiger partial charge < -0.3 is 4.57 Å². The largest absolute Gasteiger partial charge is 0.335 e. The quantitative estimate of drug-likeness (QED) is 0.422. The van der Waals surface area contributed by atoms with Crippen molar-refractivity contribution in [3.8, 4) is 0 Å². The van der Waals surface area contributed by atoms with Gasteiger partial charge in [-0.1, -0.05) is 6.55 Å². The molecule has 0 fully saturated rings. The molecule has 0 heterocycles. The fourth-order valence-electron chi connectivity index (χ4n) is 0.462. The van der Waals surface area contributed by atoms with Gasteiger partial charge in [0.15, 0.2) is 0 Å². The van der Waals surface area contributed by atoms with Crippen molar-refractivity contribution in [2.75, 3.05) is 42.3 Å². The number of hydrogen-bond donors (Lipinski definition) is 0. The van der Waals surface area contributed by atoms with Crippen LogP contribution in [0.1, 0.15) is 0 Å². The van der Waals surface area contributed by atoms with E-state index in [1.807, 2.05) is 0 Å². The van der Waals surface area contributed by atoms with Crippen LogP contribution in [-0.4, -0.2) is 82.4 Å². The minimum absolute atomic E-state index is 0.182. The fourth-order valence-corrected chi connectivity index (χ4v) is 0.462. The van der Waals surface area contributed by atoms with Crippen molar-refractivity contribution in [1.82, 2.24) is 14.4 Å². The highest BCUT2D eigenvalue weighted by molar-refractivity contribution is 6.29. The maximum absolute atomic E-state index is 2.26. The van der Waals surface area contributed by atoms with Crippen LogP contribution in [-0.2, 0) is 0 Å². The molecule has 0 aromatic rings. The van der Waals surface area contributed by atoms with Crippen LogP contribution < -0.4 is 0 Å². The molecule has 0 aliphatic heterocycles. The first-order valence-corrected chi connectivity index (χ1v) is 8.00. The Bertz CT molecular complexity index is 99.6. The number of hydrogen-bond acceptors (Lipinski definition) is 3. The molecule has 0 N–H and O–H groups in total. The third kappa shape index (κ3) is 12.3. The SMILES string of the molecule is CN(C)C([SiH3])N(C)C.C[SiH2]N(C)C. The normalized spacial score (nSPS) is 12.2. The lowest BCUT2D eigenvalue weighted by Gasteiger charge is -2.26. The molecule has 0 aliphatic rings. The second kappa shape index (κ2) is 8.89. The van der Waals surface area contributed by atoms with E-state index in [1.165, 1.54) is 10.2 Å². The van der Waals surface area contributed by atoms with E-state index in [-0.39, 0.29) is 9.68 Å². The van der Waals surface area contributed by atoms with Crippen LogP contribution in [0.15, 0.2) is 0 Å². The van der Waals surface area contributed by atoms with Crippen LogP contribution in [0.25, 0.3) is 0 Å². The molecule has 0 amide bonds. The average Bonchev–Trinajstić information content (AvgIpc) is 2.03. The van der Waals surface area contributed by atoms with Gasteiger partial charge >= 0.3 is 0 Å². The molecule has 0 bridgehead atoms. The molecule has 13 heavy (non-hydrogen) atoms. The van der Waals surface area contributed by atoms with Crippen LogP contribution >= 0.6 is 0 Å². The zero-order chi connectivity index (χ0) is 11.0. The van der Waals surface area contributed by atoms with Crippen LogP contribution in [0.5, 0.6) is 0 Å². The zero-order valence-corrected chi connectivity index (χ0v) is 14.0. The Labute approximate surface area is 89.4 Å². The van der Waals surface area contributed by atoms with Crippen LogP contribution in [0, 0.1) is 0 Å². The van der Waals surface area contributed by atoms with E-state index >= 15 is 0 Å². The molecule has 3 nitrogen and oxygen atoms in total. The van der Waals surface area contributed by atoms with Gasteiger partial charge in [0.05, 0.1) is 9.68 Å². The summed E-state index contributed by atoms with van der Waals surface area (Å²) in [4.78, 5) is 4.46. The molecule has 0 aromatic carbocycles. The molecular formula is C8H27N3Si2. The van der Waals surface area contributed by atoms with E-state index in [0.29, 0.717) is 5.79 Å². The summed E-state index contributed by atoms with van der Waals surface area (Å²) in [6.45, 7) is 2.26. The molecule has 0 unspecified atom stereocenters. The summed E-state index contributed by atoms with van der Waals surface area (Å²) in [6.07, 6.45) is 0. The summed E-state index contributed by atoms with van der Waals surface area (Å²) in [5, 5.41) is 0. The van der Waals surface area contributed by atoms with Gasteiger partial charge in [-0.05, 0) is 42.3 Å². The second-order valence-corrected chi connectivity index (χ2v) is 6.89. The van der Waals surface area contributed by atoms with Gasteiger partial charge in [-0.15, -0.1) is 0 Å². The predicted octanol–water partition coefficient (Wildman–Crippen LogP) is -1.56. The summed E-state index contributed by atoms with van der Waals surface area (Å²) < 4.78 is 2.26. The standard InChI is InChI=1S/C5H16N2Si.C3H11NSi/c1-6(2)5(8)7(3)4;1-4(2)5-3/h5H,1-4,8H3;5H2,1-3H3.